The molecule has 0 aliphatic heterocycles. The summed E-state index contributed by atoms with van der Waals surface area (Å²) in [5.74, 6) is 0.444. The molecule has 5 nitrogen and oxygen atoms in total. The predicted molar refractivity (Wildman–Crippen MR) is 123 cm³/mol. The van der Waals surface area contributed by atoms with Gasteiger partial charge in [-0.25, -0.2) is 4.57 Å². The largest absolute Gasteiger partial charge is 0.530 e. The number of hydrogen-bond acceptors (Lipinski definition) is 4. The van der Waals surface area contributed by atoms with Gasteiger partial charge < -0.3 is 9.51 Å². The number of phosphoric acid groups is 1. The van der Waals surface area contributed by atoms with Crippen LogP contribution in [0.2, 0.25) is 0 Å². The zero-order valence-corrected chi connectivity index (χ0v) is 18.0. The summed E-state index contributed by atoms with van der Waals surface area (Å²) in [5.41, 5.74) is 3.63. The van der Waals surface area contributed by atoms with Gasteiger partial charge in [-0.15, -0.1) is 6.58 Å². The summed E-state index contributed by atoms with van der Waals surface area (Å²) in [6.45, 7) is 4.03. The monoisotopic (exact) mass is 433 g/mol. The average molecular weight is 433 g/mol. The first-order valence-corrected chi connectivity index (χ1v) is 11.5. The van der Waals surface area contributed by atoms with Crippen LogP contribution in [0.5, 0.6) is 5.75 Å². The molecule has 6 heteroatoms. The SMILES string of the molecule is C=CCc1c[nH]c2cccc(OP(=O)(OCc3ccccc3)OCc3ccccc3)c12. The van der Waals surface area contributed by atoms with Crippen molar-refractivity contribution in [2.45, 2.75) is 19.6 Å². The first-order chi connectivity index (χ1) is 15.2. The van der Waals surface area contributed by atoms with E-state index in [1.807, 2.05) is 85.1 Å². The number of phosphoric ester groups is 1. The van der Waals surface area contributed by atoms with Crippen molar-refractivity contribution in [2.24, 2.45) is 0 Å². The van der Waals surface area contributed by atoms with Gasteiger partial charge in [0.25, 0.3) is 0 Å². The molecule has 3 aromatic carbocycles. The molecule has 1 aromatic heterocycles. The fourth-order valence-corrected chi connectivity index (χ4v) is 4.47. The van der Waals surface area contributed by atoms with E-state index in [-0.39, 0.29) is 13.2 Å². The molecule has 1 N–H and O–H groups in total. The predicted octanol–water partition coefficient (Wildman–Crippen LogP) is 6.82. The average Bonchev–Trinajstić information content (AvgIpc) is 3.22. The van der Waals surface area contributed by atoms with E-state index in [0.717, 1.165) is 27.6 Å². The van der Waals surface area contributed by atoms with Crippen molar-refractivity contribution in [2.75, 3.05) is 0 Å². The molecule has 0 atom stereocenters. The lowest BCUT2D eigenvalue weighted by molar-refractivity contribution is 0.143. The highest BCUT2D eigenvalue weighted by atomic mass is 31.2. The van der Waals surface area contributed by atoms with Crippen molar-refractivity contribution in [3.05, 3.63) is 114 Å². The van der Waals surface area contributed by atoms with Crippen molar-refractivity contribution < 1.29 is 18.1 Å². The van der Waals surface area contributed by atoms with Crippen LogP contribution in [0.4, 0.5) is 0 Å². The van der Waals surface area contributed by atoms with Gasteiger partial charge in [0, 0.05) is 17.1 Å². The lowest BCUT2D eigenvalue weighted by Gasteiger charge is -2.19. The molecular formula is C25H24NO4P. The van der Waals surface area contributed by atoms with Crippen LogP contribution in [0, 0.1) is 0 Å². The highest BCUT2D eigenvalue weighted by Crippen LogP contribution is 2.52. The van der Waals surface area contributed by atoms with Gasteiger partial charge in [0.2, 0.25) is 0 Å². The summed E-state index contributed by atoms with van der Waals surface area (Å²) in [6, 6.07) is 24.6. The van der Waals surface area contributed by atoms with Gasteiger partial charge in [-0.1, -0.05) is 72.8 Å². The van der Waals surface area contributed by atoms with Crippen molar-refractivity contribution in [3.8, 4) is 5.75 Å². The Labute approximate surface area is 181 Å². The van der Waals surface area contributed by atoms with E-state index in [1.54, 1.807) is 6.07 Å². The summed E-state index contributed by atoms with van der Waals surface area (Å²) in [6.07, 6.45) is 4.37. The lowest BCUT2D eigenvalue weighted by atomic mass is 10.1. The van der Waals surface area contributed by atoms with Crippen LogP contribution < -0.4 is 4.52 Å². The van der Waals surface area contributed by atoms with E-state index in [4.69, 9.17) is 13.6 Å². The summed E-state index contributed by atoms with van der Waals surface area (Å²) in [4.78, 5) is 3.22. The van der Waals surface area contributed by atoms with E-state index in [9.17, 15) is 4.57 Å². The maximum absolute atomic E-state index is 13.7. The van der Waals surface area contributed by atoms with Crippen LogP contribution >= 0.6 is 7.82 Å². The minimum atomic E-state index is -3.93. The lowest BCUT2D eigenvalue weighted by Crippen LogP contribution is -2.04. The summed E-state index contributed by atoms with van der Waals surface area (Å²) < 4.78 is 31.1. The molecule has 0 saturated heterocycles. The maximum atomic E-state index is 13.7. The van der Waals surface area contributed by atoms with E-state index in [0.29, 0.717) is 12.2 Å². The van der Waals surface area contributed by atoms with Crippen LogP contribution in [0.1, 0.15) is 16.7 Å². The van der Waals surface area contributed by atoms with Crippen LogP contribution in [0.25, 0.3) is 10.9 Å². The maximum Gasteiger partial charge on any atom is 0.530 e. The smallest absolute Gasteiger partial charge is 0.403 e. The Kier molecular flexibility index (Phi) is 6.68. The van der Waals surface area contributed by atoms with Crippen LogP contribution in [0.3, 0.4) is 0 Å². The summed E-state index contributed by atoms with van der Waals surface area (Å²) in [7, 11) is -3.93. The van der Waals surface area contributed by atoms with Crippen molar-refractivity contribution in [1.29, 1.82) is 0 Å². The molecule has 31 heavy (non-hydrogen) atoms. The molecule has 0 fully saturated rings. The van der Waals surface area contributed by atoms with Crippen LogP contribution in [-0.4, -0.2) is 4.98 Å². The fraction of sp³-hybridized carbons (Fsp3) is 0.120. The number of aromatic nitrogens is 1. The molecule has 1 heterocycles. The van der Waals surface area contributed by atoms with Crippen molar-refractivity contribution >= 4 is 18.7 Å². The second-order valence-electron chi connectivity index (χ2n) is 7.04. The first kappa shape index (κ1) is 21.1. The topological polar surface area (TPSA) is 60.6 Å². The van der Waals surface area contributed by atoms with Crippen LogP contribution in [0.15, 0.2) is 97.7 Å². The van der Waals surface area contributed by atoms with Gasteiger partial charge in [0.05, 0.1) is 13.2 Å². The highest BCUT2D eigenvalue weighted by Gasteiger charge is 2.30. The van der Waals surface area contributed by atoms with Gasteiger partial charge in [-0.2, -0.15) is 0 Å². The van der Waals surface area contributed by atoms with E-state index in [2.05, 4.69) is 11.6 Å². The molecule has 0 aliphatic rings. The quantitative estimate of drug-likeness (QED) is 0.220. The number of hydrogen-bond donors (Lipinski definition) is 1. The number of allylic oxidation sites excluding steroid dienone is 1. The Hall–Kier alpha value is -3.11. The van der Waals surface area contributed by atoms with E-state index in [1.165, 1.54) is 0 Å². The molecule has 0 unspecified atom stereocenters. The zero-order valence-electron chi connectivity index (χ0n) is 17.1. The second kappa shape index (κ2) is 9.80. The fourth-order valence-electron chi connectivity index (χ4n) is 3.28. The molecule has 158 valence electrons. The van der Waals surface area contributed by atoms with E-state index >= 15 is 0 Å². The Morgan fingerprint density at radius 3 is 2.03 bits per heavy atom. The number of aromatic amines is 1. The molecule has 0 amide bonds. The van der Waals surface area contributed by atoms with Crippen molar-refractivity contribution in [1.82, 2.24) is 4.98 Å². The minimum Gasteiger partial charge on any atom is -0.403 e. The highest BCUT2D eigenvalue weighted by molar-refractivity contribution is 7.48. The molecule has 4 aromatic rings. The number of nitrogens with one attached hydrogen (secondary N) is 1. The van der Waals surface area contributed by atoms with Crippen LogP contribution in [-0.2, 0) is 33.2 Å². The first-order valence-electron chi connectivity index (χ1n) is 10.0. The molecular weight excluding hydrogens is 409 g/mol. The molecule has 0 radical (unpaired) electrons. The Morgan fingerprint density at radius 1 is 0.839 bits per heavy atom. The number of fused-ring (bicyclic) bond motifs is 1. The Balaban J connectivity index is 1.62. The molecule has 0 saturated carbocycles. The van der Waals surface area contributed by atoms with Gasteiger partial charge >= 0.3 is 7.82 Å². The van der Waals surface area contributed by atoms with E-state index < -0.39 is 7.82 Å². The van der Waals surface area contributed by atoms with Gasteiger partial charge in [-0.05, 0) is 35.2 Å². The molecule has 0 aliphatic carbocycles. The Morgan fingerprint density at radius 2 is 1.45 bits per heavy atom. The standard InChI is InChI=1S/C25H24NO4P/c1-2-10-22-17-26-23-15-9-16-24(25(22)23)30-31(27,28-18-20-11-5-3-6-12-20)29-19-21-13-7-4-8-14-21/h2-9,11-17,26H,1,10,18-19H2. The summed E-state index contributed by atoms with van der Waals surface area (Å²) >= 11 is 0. The minimum absolute atomic E-state index is 0.107. The van der Waals surface area contributed by atoms with Crippen molar-refractivity contribution in [3.63, 3.8) is 0 Å². The van der Waals surface area contributed by atoms with Gasteiger partial charge in [0.15, 0.2) is 0 Å². The number of H-pyrrole nitrogens is 1. The van der Waals surface area contributed by atoms with Gasteiger partial charge in [0.1, 0.15) is 5.75 Å². The third-order valence-electron chi connectivity index (χ3n) is 4.79. The summed E-state index contributed by atoms with van der Waals surface area (Å²) in [5, 5.41) is 0.842. The molecule has 0 spiro atoms. The molecule has 4 rings (SSSR count). The van der Waals surface area contributed by atoms with Gasteiger partial charge in [-0.3, -0.25) is 9.05 Å². The number of rotatable bonds is 10. The third-order valence-corrected chi connectivity index (χ3v) is 6.10. The third kappa shape index (κ3) is 5.33. The zero-order chi connectivity index (χ0) is 21.5. The number of benzene rings is 3. The Bertz CT molecular complexity index is 1140. The normalized spacial score (nSPS) is 11.5. The second-order valence-corrected chi connectivity index (χ2v) is 8.64. The molecule has 0 bridgehead atoms.